The lowest BCUT2D eigenvalue weighted by atomic mass is 10.1. The van der Waals surface area contributed by atoms with Crippen LogP contribution in [0.5, 0.6) is 0 Å². The van der Waals surface area contributed by atoms with Gasteiger partial charge in [-0.05, 0) is 26.7 Å². The van der Waals surface area contributed by atoms with E-state index < -0.39 is 0 Å². The van der Waals surface area contributed by atoms with E-state index in [9.17, 15) is 0 Å². The van der Waals surface area contributed by atoms with Crippen LogP contribution in [0, 0.1) is 6.92 Å². The number of rotatable bonds is 8. The van der Waals surface area contributed by atoms with Gasteiger partial charge in [-0.3, -0.25) is 0 Å². The van der Waals surface area contributed by atoms with Crippen molar-refractivity contribution in [2.75, 3.05) is 23.8 Å². The summed E-state index contributed by atoms with van der Waals surface area (Å²) in [5, 5.41) is 3.20. The molecule has 0 radical (unpaired) electrons. The van der Waals surface area contributed by atoms with E-state index in [0.29, 0.717) is 6.04 Å². The fourth-order valence-corrected chi connectivity index (χ4v) is 2.31. The van der Waals surface area contributed by atoms with Crippen molar-refractivity contribution in [1.82, 2.24) is 9.97 Å². The molecular weight excluding hydrogens is 248 g/mol. The summed E-state index contributed by atoms with van der Waals surface area (Å²) in [4.78, 5) is 11.8. The van der Waals surface area contributed by atoms with Crippen LogP contribution in [0.4, 0.5) is 11.6 Å². The van der Waals surface area contributed by atoms with Gasteiger partial charge in [-0.1, -0.05) is 27.2 Å². The minimum atomic E-state index is 0.504. The van der Waals surface area contributed by atoms with Gasteiger partial charge in [-0.2, -0.15) is 0 Å². The van der Waals surface area contributed by atoms with Crippen molar-refractivity contribution in [3.63, 3.8) is 0 Å². The number of hydrogen-bond donors (Lipinski definition) is 1. The number of aromatic nitrogens is 2. The predicted molar refractivity (Wildman–Crippen MR) is 87.7 cm³/mol. The SMILES string of the molecule is CCCCN(c1nc(CC)nc(NC)c1C)C(C)CC. The van der Waals surface area contributed by atoms with Crippen LogP contribution >= 0.6 is 0 Å². The fourth-order valence-electron chi connectivity index (χ4n) is 2.31. The summed E-state index contributed by atoms with van der Waals surface area (Å²) in [6.07, 6.45) is 4.40. The first-order chi connectivity index (χ1) is 9.58. The first-order valence-electron chi connectivity index (χ1n) is 7.90. The molecule has 1 atom stereocenters. The third-order valence-electron chi connectivity index (χ3n) is 3.87. The van der Waals surface area contributed by atoms with Gasteiger partial charge in [-0.15, -0.1) is 0 Å². The zero-order chi connectivity index (χ0) is 15.1. The first-order valence-corrected chi connectivity index (χ1v) is 7.90. The van der Waals surface area contributed by atoms with Gasteiger partial charge in [0.2, 0.25) is 0 Å². The van der Waals surface area contributed by atoms with Crippen molar-refractivity contribution in [1.29, 1.82) is 0 Å². The lowest BCUT2D eigenvalue weighted by molar-refractivity contribution is 0.586. The number of hydrogen-bond acceptors (Lipinski definition) is 4. The average molecular weight is 278 g/mol. The molecule has 0 amide bonds. The second-order valence-electron chi connectivity index (χ2n) is 5.34. The van der Waals surface area contributed by atoms with E-state index >= 15 is 0 Å². The lowest BCUT2D eigenvalue weighted by Gasteiger charge is -2.31. The fraction of sp³-hybridized carbons (Fsp3) is 0.750. The summed E-state index contributed by atoms with van der Waals surface area (Å²) < 4.78 is 0. The standard InChI is InChI=1S/C16H30N4/c1-7-10-11-20(12(4)8-2)16-13(5)15(17-6)18-14(9-3)19-16/h12H,7-11H2,1-6H3,(H,17,18,19). The largest absolute Gasteiger partial charge is 0.373 e. The summed E-state index contributed by atoms with van der Waals surface area (Å²) in [5.74, 6) is 2.97. The molecule has 4 nitrogen and oxygen atoms in total. The number of unbranched alkanes of at least 4 members (excludes halogenated alkanes) is 1. The van der Waals surface area contributed by atoms with E-state index in [0.717, 1.165) is 42.4 Å². The van der Waals surface area contributed by atoms with Crippen LogP contribution in [0.15, 0.2) is 0 Å². The Labute approximate surface area is 124 Å². The van der Waals surface area contributed by atoms with Crippen LogP contribution in [-0.4, -0.2) is 29.6 Å². The minimum absolute atomic E-state index is 0.504. The monoisotopic (exact) mass is 278 g/mol. The maximum absolute atomic E-state index is 4.80. The van der Waals surface area contributed by atoms with Gasteiger partial charge in [0.25, 0.3) is 0 Å². The van der Waals surface area contributed by atoms with E-state index in [1.807, 2.05) is 7.05 Å². The molecule has 1 aromatic rings. The van der Waals surface area contributed by atoms with Crippen molar-refractivity contribution < 1.29 is 0 Å². The van der Waals surface area contributed by atoms with Gasteiger partial charge in [0.15, 0.2) is 0 Å². The highest BCUT2D eigenvalue weighted by Crippen LogP contribution is 2.26. The van der Waals surface area contributed by atoms with Crippen molar-refractivity contribution in [2.45, 2.75) is 66.3 Å². The van der Waals surface area contributed by atoms with Crippen molar-refractivity contribution in [3.05, 3.63) is 11.4 Å². The normalized spacial score (nSPS) is 12.3. The van der Waals surface area contributed by atoms with Gasteiger partial charge in [0, 0.05) is 31.6 Å². The Bertz CT molecular complexity index is 417. The molecule has 20 heavy (non-hydrogen) atoms. The van der Waals surface area contributed by atoms with Crippen molar-refractivity contribution in [2.24, 2.45) is 0 Å². The smallest absolute Gasteiger partial charge is 0.137 e. The zero-order valence-corrected chi connectivity index (χ0v) is 14.0. The Hall–Kier alpha value is -1.32. The predicted octanol–water partition coefficient (Wildman–Crippen LogP) is 3.79. The van der Waals surface area contributed by atoms with Gasteiger partial charge < -0.3 is 10.2 Å². The first kappa shape index (κ1) is 16.7. The molecule has 0 aromatic carbocycles. The van der Waals surface area contributed by atoms with Gasteiger partial charge in [-0.25, -0.2) is 9.97 Å². The van der Waals surface area contributed by atoms with E-state index in [1.165, 1.54) is 12.8 Å². The molecule has 1 aromatic heterocycles. The van der Waals surface area contributed by atoms with Gasteiger partial charge in [0.05, 0.1) is 0 Å². The molecule has 0 saturated heterocycles. The molecule has 4 heteroatoms. The Balaban J connectivity index is 3.22. The molecular formula is C16H30N4. The second-order valence-corrected chi connectivity index (χ2v) is 5.34. The molecule has 0 aliphatic rings. The third-order valence-corrected chi connectivity index (χ3v) is 3.87. The summed E-state index contributed by atoms with van der Waals surface area (Å²) in [7, 11) is 1.93. The highest BCUT2D eigenvalue weighted by Gasteiger charge is 2.19. The summed E-state index contributed by atoms with van der Waals surface area (Å²) >= 11 is 0. The van der Waals surface area contributed by atoms with E-state index in [4.69, 9.17) is 4.98 Å². The maximum atomic E-state index is 4.80. The molecule has 0 saturated carbocycles. The summed E-state index contributed by atoms with van der Waals surface area (Å²) in [5.41, 5.74) is 1.15. The Kier molecular flexibility index (Phi) is 6.76. The Morgan fingerprint density at radius 2 is 1.90 bits per heavy atom. The van der Waals surface area contributed by atoms with Crippen LogP contribution < -0.4 is 10.2 Å². The van der Waals surface area contributed by atoms with Gasteiger partial charge >= 0.3 is 0 Å². The zero-order valence-electron chi connectivity index (χ0n) is 14.0. The number of aryl methyl sites for hydroxylation is 1. The third kappa shape index (κ3) is 3.84. The number of nitrogens with zero attached hydrogens (tertiary/aromatic N) is 3. The molecule has 1 unspecified atom stereocenters. The number of nitrogens with one attached hydrogen (secondary N) is 1. The van der Waals surface area contributed by atoms with E-state index in [2.05, 4.69) is 49.8 Å². The highest BCUT2D eigenvalue weighted by atomic mass is 15.2. The molecule has 0 bridgehead atoms. The van der Waals surface area contributed by atoms with E-state index in [-0.39, 0.29) is 0 Å². The lowest BCUT2D eigenvalue weighted by Crippen LogP contribution is -2.35. The van der Waals surface area contributed by atoms with Crippen LogP contribution in [0.3, 0.4) is 0 Å². The quantitative estimate of drug-likeness (QED) is 0.785. The molecule has 0 aliphatic carbocycles. The topological polar surface area (TPSA) is 41.1 Å². The Morgan fingerprint density at radius 1 is 1.20 bits per heavy atom. The molecule has 1 rings (SSSR count). The van der Waals surface area contributed by atoms with Crippen molar-refractivity contribution >= 4 is 11.6 Å². The summed E-state index contributed by atoms with van der Waals surface area (Å²) in [6.45, 7) is 12.0. The van der Waals surface area contributed by atoms with Crippen molar-refractivity contribution in [3.8, 4) is 0 Å². The molecule has 1 N–H and O–H groups in total. The van der Waals surface area contributed by atoms with Gasteiger partial charge in [0.1, 0.15) is 17.5 Å². The molecule has 1 heterocycles. The average Bonchev–Trinajstić information content (AvgIpc) is 2.48. The molecule has 0 fully saturated rings. The van der Waals surface area contributed by atoms with Crippen LogP contribution in [0.25, 0.3) is 0 Å². The van der Waals surface area contributed by atoms with Crippen LogP contribution in [0.2, 0.25) is 0 Å². The molecule has 0 spiro atoms. The molecule has 114 valence electrons. The van der Waals surface area contributed by atoms with E-state index in [1.54, 1.807) is 0 Å². The Morgan fingerprint density at radius 3 is 2.40 bits per heavy atom. The minimum Gasteiger partial charge on any atom is -0.373 e. The summed E-state index contributed by atoms with van der Waals surface area (Å²) in [6, 6.07) is 0.504. The highest BCUT2D eigenvalue weighted by molar-refractivity contribution is 5.58. The van der Waals surface area contributed by atoms with Crippen LogP contribution in [0.1, 0.15) is 58.3 Å². The van der Waals surface area contributed by atoms with Crippen LogP contribution in [-0.2, 0) is 6.42 Å². The molecule has 0 aliphatic heterocycles. The second kappa shape index (κ2) is 8.08. The number of anilines is 2. The maximum Gasteiger partial charge on any atom is 0.137 e.